The molecule has 13 heavy (non-hydrogen) atoms. The maximum absolute atomic E-state index is 2.23. The fourth-order valence-corrected chi connectivity index (χ4v) is 1.37. The fourth-order valence-electron chi connectivity index (χ4n) is 1.37. The molecule has 0 amide bonds. The van der Waals surface area contributed by atoms with Gasteiger partial charge in [0.15, 0.2) is 0 Å². The normalized spacial score (nSPS) is 11.2. The van der Waals surface area contributed by atoms with E-state index < -0.39 is 0 Å². The molecular weight excluding hydrogens is 158 g/mol. The van der Waals surface area contributed by atoms with Crippen LogP contribution in [-0.4, -0.2) is 19.0 Å². The Labute approximate surface area is 81.4 Å². The molecule has 1 nitrogen and oxygen atoms in total. The highest BCUT2D eigenvalue weighted by atomic mass is 15.0. The van der Waals surface area contributed by atoms with Gasteiger partial charge in [0.25, 0.3) is 0 Å². The number of rotatable bonds is 3. The van der Waals surface area contributed by atoms with E-state index >= 15 is 0 Å². The molecule has 0 saturated heterocycles. The second kappa shape index (κ2) is 4.43. The highest BCUT2D eigenvalue weighted by molar-refractivity contribution is 5.24. The van der Waals surface area contributed by atoms with Crippen LogP contribution in [0.2, 0.25) is 0 Å². The second-order valence-corrected chi connectivity index (χ2v) is 4.13. The summed E-state index contributed by atoms with van der Waals surface area (Å²) in [6.07, 6.45) is 0. The number of nitrogens with zero attached hydrogens (tertiary/aromatic N) is 1. The molecule has 0 aliphatic heterocycles. The van der Waals surface area contributed by atoms with Crippen LogP contribution in [-0.2, 0) is 6.54 Å². The van der Waals surface area contributed by atoms with Gasteiger partial charge in [-0.2, -0.15) is 0 Å². The van der Waals surface area contributed by atoms with Gasteiger partial charge in [0.05, 0.1) is 0 Å². The third kappa shape index (κ3) is 3.19. The number of benzene rings is 1. The molecule has 0 heterocycles. The van der Waals surface area contributed by atoms with E-state index in [9.17, 15) is 0 Å². The summed E-state index contributed by atoms with van der Waals surface area (Å²) in [5.41, 5.74) is 2.80. The van der Waals surface area contributed by atoms with Gasteiger partial charge in [-0.1, -0.05) is 38.1 Å². The van der Waals surface area contributed by atoms with Crippen molar-refractivity contribution < 1.29 is 0 Å². The van der Waals surface area contributed by atoms with E-state index in [0.717, 1.165) is 6.54 Å². The Morgan fingerprint density at radius 3 is 2.00 bits per heavy atom. The molecule has 1 aromatic rings. The smallest absolute Gasteiger partial charge is 0.0227 e. The highest BCUT2D eigenvalue weighted by Gasteiger charge is 1.99. The van der Waals surface area contributed by atoms with Crippen LogP contribution >= 0.6 is 0 Å². The van der Waals surface area contributed by atoms with Crippen molar-refractivity contribution in [3.8, 4) is 0 Å². The van der Waals surface area contributed by atoms with Crippen molar-refractivity contribution in [1.82, 2.24) is 4.90 Å². The van der Waals surface area contributed by atoms with Crippen molar-refractivity contribution in [1.29, 1.82) is 0 Å². The Kier molecular flexibility index (Phi) is 3.49. The van der Waals surface area contributed by atoms with Gasteiger partial charge in [0.2, 0.25) is 0 Å². The monoisotopic (exact) mass is 177 g/mol. The van der Waals surface area contributed by atoms with Gasteiger partial charge in [-0.3, -0.25) is 0 Å². The van der Waals surface area contributed by atoms with E-state index in [4.69, 9.17) is 0 Å². The fraction of sp³-hybridized carbons (Fsp3) is 0.500. The van der Waals surface area contributed by atoms with E-state index in [1.165, 1.54) is 11.1 Å². The third-order valence-electron chi connectivity index (χ3n) is 2.15. The SMILES string of the molecule is CC(C)c1ccc(CN(C)C)cc1. The molecule has 0 fully saturated rings. The molecule has 1 rings (SSSR count). The van der Waals surface area contributed by atoms with Crippen LogP contribution in [0.4, 0.5) is 0 Å². The van der Waals surface area contributed by atoms with E-state index in [1.807, 2.05) is 0 Å². The minimum atomic E-state index is 0.633. The predicted octanol–water partition coefficient (Wildman–Crippen LogP) is 2.87. The largest absolute Gasteiger partial charge is 0.305 e. The first-order valence-corrected chi connectivity index (χ1v) is 4.83. The van der Waals surface area contributed by atoms with Crippen LogP contribution < -0.4 is 0 Å². The van der Waals surface area contributed by atoms with Crippen molar-refractivity contribution in [3.05, 3.63) is 35.4 Å². The van der Waals surface area contributed by atoms with Crippen LogP contribution in [0.15, 0.2) is 24.3 Å². The van der Waals surface area contributed by atoms with Gasteiger partial charge < -0.3 is 4.90 Å². The van der Waals surface area contributed by atoms with Gasteiger partial charge in [-0.05, 0) is 31.1 Å². The lowest BCUT2D eigenvalue weighted by Crippen LogP contribution is -2.10. The maximum atomic E-state index is 2.23. The lowest BCUT2D eigenvalue weighted by atomic mass is 10.0. The van der Waals surface area contributed by atoms with E-state index in [0.29, 0.717) is 5.92 Å². The van der Waals surface area contributed by atoms with E-state index in [2.05, 4.69) is 57.1 Å². The summed E-state index contributed by atoms with van der Waals surface area (Å²) in [5.74, 6) is 0.633. The minimum absolute atomic E-state index is 0.633. The predicted molar refractivity (Wildman–Crippen MR) is 57.9 cm³/mol. The van der Waals surface area contributed by atoms with Crippen molar-refractivity contribution in [2.45, 2.75) is 26.3 Å². The molecule has 0 bridgehead atoms. The van der Waals surface area contributed by atoms with Crippen LogP contribution in [0.1, 0.15) is 30.9 Å². The summed E-state index contributed by atoms with van der Waals surface area (Å²) >= 11 is 0. The Morgan fingerprint density at radius 1 is 1.08 bits per heavy atom. The van der Waals surface area contributed by atoms with Gasteiger partial charge in [0, 0.05) is 6.54 Å². The zero-order valence-corrected chi connectivity index (χ0v) is 9.04. The van der Waals surface area contributed by atoms with Crippen LogP contribution in [0.25, 0.3) is 0 Å². The maximum Gasteiger partial charge on any atom is 0.0227 e. The molecule has 0 saturated carbocycles. The average molecular weight is 177 g/mol. The Bertz CT molecular complexity index is 246. The summed E-state index contributed by atoms with van der Waals surface area (Å²) in [6, 6.07) is 8.89. The molecule has 0 radical (unpaired) electrons. The lowest BCUT2D eigenvalue weighted by Gasteiger charge is -2.11. The zero-order valence-electron chi connectivity index (χ0n) is 9.04. The zero-order chi connectivity index (χ0) is 9.84. The molecule has 0 aliphatic carbocycles. The Morgan fingerprint density at radius 2 is 1.62 bits per heavy atom. The summed E-state index contributed by atoms with van der Waals surface area (Å²) in [4.78, 5) is 2.18. The van der Waals surface area contributed by atoms with Crippen LogP contribution in [0.3, 0.4) is 0 Å². The number of hydrogen-bond acceptors (Lipinski definition) is 1. The summed E-state index contributed by atoms with van der Waals surface area (Å²) < 4.78 is 0. The second-order valence-electron chi connectivity index (χ2n) is 4.13. The van der Waals surface area contributed by atoms with Gasteiger partial charge in [-0.25, -0.2) is 0 Å². The molecule has 1 heteroatoms. The van der Waals surface area contributed by atoms with Crippen molar-refractivity contribution in [2.75, 3.05) is 14.1 Å². The lowest BCUT2D eigenvalue weighted by molar-refractivity contribution is 0.402. The highest BCUT2D eigenvalue weighted by Crippen LogP contribution is 2.14. The molecule has 72 valence electrons. The van der Waals surface area contributed by atoms with Crippen molar-refractivity contribution in [2.24, 2.45) is 0 Å². The molecular formula is C12H19N. The molecule has 0 N–H and O–H groups in total. The standard InChI is InChI=1S/C12H19N/c1-10(2)12-7-5-11(6-8-12)9-13(3)4/h5-8,10H,9H2,1-4H3. The van der Waals surface area contributed by atoms with Crippen molar-refractivity contribution >= 4 is 0 Å². The van der Waals surface area contributed by atoms with Crippen molar-refractivity contribution in [3.63, 3.8) is 0 Å². The summed E-state index contributed by atoms with van der Waals surface area (Å²) in [7, 11) is 4.19. The topological polar surface area (TPSA) is 3.24 Å². The van der Waals surface area contributed by atoms with Crippen LogP contribution in [0, 0.1) is 0 Å². The summed E-state index contributed by atoms with van der Waals surface area (Å²) in [6.45, 7) is 5.47. The first-order valence-electron chi connectivity index (χ1n) is 4.83. The molecule has 0 spiro atoms. The first-order chi connectivity index (χ1) is 6.09. The molecule has 0 atom stereocenters. The van der Waals surface area contributed by atoms with Gasteiger partial charge in [-0.15, -0.1) is 0 Å². The van der Waals surface area contributed by atoms with E-state index in [1.54, 1.807) is 0 Å². The van der Waals surface area contributed by atoms with Crippen LogP contribution in [0.5, 0.6) is 0 Å². The molecule has 1 aromatic carbocycles. The Hall–Kier alpha value is -0.820. The van der Waals surface area contributed by atoms with Gasteiger partial charge in [0.1, 0.15) is 0 Å². The Balaban J connectivity index is 2.70. The number of hydrogen-bond donors (Lipinski definition) is 0. The molecule has 0 aromatic heterocycles. The summed E-state index contributed by atoms with van der Waals surface area (Å²) in [5, 5.41) is 0. The first kappa shape index (κ1) is 10.3. The third-order valence-corrected chi connectivity index (χ3v) is 2.15. The quantitative estimate of drug-likeness (QED) is 0.686. The van der Waals surface area contributed by atoms with E-state index in [-0.39, 0.29) is 0 Å². The average Bonchev–Trinajstić information content (AvgIpc) is 2.04. The van der Waals surface area contributed by atoms with Gasteiger partial charge >= 0.3 is 0 Å². The molecule has 0 unspecified atom stereocenters. The molecule has 0 aliphatic rings. The minimum Gasteiger partial charge on any atom is -0.305 e.